The largest absolute Gasteiger partial charge is 0.491 e. The fourth-order valence-corrected chi connectivity index (χ4v) is 11.7. The van der Waals surface area contributed by atoms with E-state index in [9.17, 15) is 31.4 Å². The molecule has 5 saturated heterocycles. The number of pyridine rings is 1. The highest BCUT2D eigenvalue weighted by molar-refractivity contribution is 6.13. The van der Waals surface area contributed by atoms with E-state index in [2.05, 4.69) is 40.6 Å². The highest BCUT2D eigenvalue weighted by Crippen LogP contribution is 2.38. The van der Waals surface area contributed by atoms with E-state index in [1.54, 1.807) is 84.9 Å². The van der Waals surface area contributed by atoms with E-state index in [0.717, 1.165) is 58.2 Å². The predicted octanol–water partition coefficient (Wildman–Crippen LogP) is 8.37. The summed E-state index contributed by atoms with van der Waals surface area (Å²) in [4.78, 5) is 62.6. The number of likely N-dealkylation sites (N-methyl/N-ethyl adjacent to an activating group) is 1. The van der Waals surface area contributed by atoms with Gasteiger partial charge in [0.2, 0.25) is 0 Å². The lowest BCUT2D eigenvalue weighted by Crippen LogP contribution is -2.54. The molecule has 3 N–H and O–H groups in total. The summed E-state index contributed by atoms with van der Waals surface area (Å²) in [5.41, 5.74) is 1.68. The van der Waals surface area contributed by atoms with Crippen LogP contribution in [0.2, 0.25) is 0 Å². The van der Waals surface area contributed by atoms with Crippen LogP contribution in [0.25, 0.3) is 44.8 Å². The average Bonchev–Trinajstić information content (AvgIpc) is 2.20. The standard InChI is InChI=1S/C58H59F6N17O6/c1-74-20-22-75(23-21-74)48-19-12-40(26-65-48)81(56(84)69-38-8-4-36(5-9-38)50-71-52(77-31-44-17-18-45(32-77)87-44)47-28-67-79(54(47)73-50)34-58(62,63)64)80(39-10-13-41(14-11-39)85-25-24-82)55(83)68-37-6-2-35(3-7-37)49-70-51(76-29-42-15-16-43(30-76)86-42)46-27-66-78(53(46)72-49)33-57(59,60)61/h2-14,19,26-28,42-45,82H,15-18,20-25,29-34H2,1H3,(H,68,83)(H,69,84). The number of halogens is 6. The number of amides is 4. The minimum Gasteiger partial charge on any atom is -0.491 e. The highest BCUT2D eigenvalue weighted by Gasteiger charge is 2.39. The molecule has 4 bridgehead atoms. The average molecular weight is 1200 g/mol. The molecule has 5 aromatic heterocycles. The number of piperazine rings is 1. The van der Waals surface area contributed by atoms with Crippen molar-refractivity contribution in [2.75, 3.05) is 108 Å². The van der Waals surface area contributed by atoms with Crippen LogP contribution >= 0.6 is 0 Å². The quantitative estimate of drug-likeness (QED) is 0.0687. The van der Waals surface area contributed by atoms with Gasteiger partial charge in [0.05, 0.1) is 71.8 Å². The third-order valence-electron chi connectivity index (χ3n) is 15.9. The van der Waals surface area contributed by atoms with E-state index in [4.69, 9.17) is 29.2 Å². The van der Waals surface area contributed by atoms with Crippen LogP contribution in [-0.4, -0.2) is 176 Å². The van der Waals surface area contributed by atoms with Crippen LogP contribution in [0.5, 0.6) is 5.75 Å². The number of nitrogens with one attached hydrogen (secondary N) is 2. The predicted molar refractivity (Wildman–Crippen MR) is 310 cm³/mol. The molecule has 4 amide bonds. The van der Waals surface area contributed by atoms with E-state index in [1.165, 1.54) is 18.6 Å². The number of hydrogen-bond acceptors (Lipinski definition) is 17. The smallest absolute Gasteiger partial charge is 0.408 e. The van der Waals surface area contributed by atoms with E-state index in [0.29, 0.717) is 84.4 Å². The summed E-state index contributed by atoms with van der Waals surface area (Å²) in [6.45, 7) is 1.96. The zero-order valence-corrected chi connectivity index (χ0v) is 46.9. The number of hydrogen-bond donors (Lipinski definition) is 3. The molecule has 3 aromatic carbocycles. The first-order valence-electron chi connectivity index (χ1n) is 28.5. The number of aliphatic hydroxyl groups excluding tert-OH is 1. The first-order chi connectivity index (χ1) is 41.9. The van der Waals surface area contributed by atoms with Crippen LogP contribution in [0, 0.1) is 0 Å². The van der Waals surface area contributed by atoms with Crippen molar-refractivity contribution in [2.24, 2.45) is 0 Å². The summed E-state index contributed by atoms with van der Waals surface area (Å²) < 4.78 is 103. The maximum atomic E-state index is 15.2. The Labute approximate surface area is 493 Å². The number of aromatic nitrogens is 9. The van der Waals surface area contributed by atoms with Crippen molar-refractivity contribution in [1.29, 1.82) is 0 Å². The summed E-state index contributed by atoms with van der Waals surface area (Å²) >= 11 is 0. The summed E-state index contributed by atoms with van der Waals surface area (Å²) in [5.74, 6) is 2.11. The van der Waals surface area contributed by atoms with Gasteiger partial charge in [-0.2, -0.15) is 46.6 Å². The molecule has 8 aromatic rings. The number of anilines is 7. The van der Waals surface area contributed by atoms with Gasteiger partial charge in [0.1, 0.15) is 42.9 Å². The molecule has 0 radical (unpaired) electrons. The molecule has 0 aliphatic carbocycles. The lowest BCUT2D eigenvalue weighted by molar-refractivity contribution is -0.142. The third kappa shape index (κ3) is 12.4. The number of nitrogens with zero attached hydrogens (tertiary/aromatic N) is 15. The second-order valence-electron chi connectivity index (χ2n) is 22.1. The van der Waals surface area contributed by atoms with Crippen molar-refractivity contribution in [1.82, 2.24) is 49.4 Å². The van der Waals surface area contributed by atoms with Crippen LogP contribution < -0.4 is 40.1 Å². The van der Waals surface area contributed by atoms with Crippen molar-refractivity contribution in [2.45, 2.75) is 75.5 Å². The van der Waals surface area contributed by atoms with Gasteiger partial charge in [-0.3, -0.25) is 0 Å². The van der Waals surface area contributed by atoms with Gasteiger partial charge in [-0.15, -0.1) is 0 Å². The summed E-state index contributed by atoms with van der Waals surface area (Å²) in [5, 5.41) is 26.4. The SMILES string of the molecule is CN1CCN(c2ccc(N(C(=O)Nc3ccc(-c4nc(N5CC6CCC(C5)O6)c5cnn(CC(F)(F)F)c5n4)cc3)N(C(=O)Nc3ccc(-c4nc(N5CC6CCC(C5)O6)c5cnn(CC(F)(F)F)c5n4)cc3)c3ccc(OCCO)cc3)cn2)CC1. The number of fused-ring (bicyclic) bond motifs is 6. The molecule has 23 nitrogen and oxygen atoms in total. The van der Waals surface area contributed by atoms with Crippen LogP contribution in [0.3, 0.4) is 0 Å². The Balaban J connectivity index is 0.829. The molecule has 4 unspecified atom stereocenters. The zero-order chi connectivity index (χ0) is 60.1. The highest BCUT2D eigenvalue weighted by atomic mass is 19.4. The number of carbonyl (C=O) groups excluding carboxylic acids is 2. The van der Waals surface area contributed by atoms with Gasteiger partial charge >= 0.3 is 24.4 Å². The molecule has 5 aliphatic rings. The van der Waals surface area contributed by atoms with Crippen LogP contribution in [0.1, 0.15) is 25.7 Å². The monoisotopic (exact) mass is 1200 g/mol. The zero-order valence-electron chi connectivity index (χ0n) is 46.9. The molecule has 87 heavy (non-hydrogen) atoms. The van der Waals surface area contributed by atoms with Gasteiger partial charge in [-0.25, -0.2) is 43.9 Å². The second kappa shape index (κ2) is 23.4. The van der Waals surface area contributed by atoms with E-state index in [1.807, 2.05) is 16.8 Å². The van der Waals surface area contributed by atoms with Gasteiger partial charge in [-0.1, -0.05) is 0 Å². The molecule has 0 saturated carbocycles. The summed E-state index contributed by atoms with van der Waals surface area (Å²) in [6, 6.07) is 20.8. The first-order valence-corrected chi connectivity index (χ1v) is 28.5. The van der Waals surface area contributed by atoms with E-state index in [-0.39, 0.29) is 83.3 Å². The molecule has 454 valence electrons. The van der Waals surface area contributed by atoms with Crippen molar-refractivity contribution < 1.29 is 55.2 Å². The number of alkyl halides is 6. The second-order valence-corrected chi connectivity index (χ2v) is 22.1. The fraction of sp³-hybridized carbons (Fsp3) is 0.397. The fourth-order valence-electron chi connectivity index (χ4n) is 11.7. The molecular formula is C58H59F6N17O6. The number of hydrazine groups is 1. The number of ether oxygens (including phenoxy) is 3. The number of aliphatic hydroxyl groups is 1. The molecule has 10 heterocycles. The number of benzene rings is 3. The number of morpholine rings is 2. The summed E-state index contributed by atoms with van der Waals surface area (Å²) in [7, 11) is 2.04. The maximum absolute atomic E-state index is 15.2. The van der Waals surface area contributed by atoms with E-state index >= 15 is 9.59 Å². The van der Waals surface area contributed by atoms with Crippen LogP contribution in [0.15, 0.2) is 104 Å². The third-order valence-corrected chi connectivity index (χ3v) is 15.9. The molecule has 13 rings (SSSR count). The topological polar surface area (TPSA) is 226 Å². The normalized spacial score (nSPS) is 19.7. The van der Waals surface area contributed by atoms with E-state index < -0.39 is 37.5 Å². The number of rotatable bonds is 14. The summed E-state index contributed by atoms with van der Waals surface area (Å²) in [6.07, 6.45) is -1.80. The van der Waals surface area contributed by atoms with Crippen LogP contribution in [-0.2, 0) is 22.6 Å². The lowest BCUT2D eigenvalue weighted by atomic mass is 10.2. The number of carbonyl (C=O) groups is 2. The number of urea groups is 2. The molecule has 5 fully saturated rings. The molecule has 29 heteroatoms. The Bertz CT molecular complexity index is 3770. The van der Waals surface area contributed by atoms with Gasteiger partial charge in [0, 0.05) is 74.9 Å². The molecule has 5 aliphatic heterocycles. The Morgan fingerprint density at radius 1 is 0.586 bits per heavy atom. The van der Waals surface area contributed by atoms with Gasteiger partial charge in [0.15, 0.2) is 22.9 Å². The molecular weight excluding hydrogens is 1140 g/mol. The van der Waals surface area contributed by atoms with Crippen molar-refractivity contribution in [3.05, 3.63) is 104 Å². The van der Waals surface area contributed by atoms with Gasteiger partial charge < -0.3 is 49.6 Å². The van der Waals surface area contributed by atoms with Crippen molar-refractivity contribution >= 4 is 74.3 Å². The maximum Gasteiger partial charge on any atom is 0.408 e. The van der Waals surface area contributed by atoms with Crippen molar-refractivity contribution in [3.63, 3.8) is 0 Å². The van der Waals surface area contributed by atoms with Gasteiger partial charge in [-0.05, 0) is 118 Å². The Hall–Kier alpha value is -8.93. The Morgan fingerprint density at radius 2 is 1.03 bits per heavy atom. The minimum absolute atomic E-state index is 0.000281. The molecule has 4 atom stereocenters. The Morgan fingerprint density at radius 3 is 1.46 bits per heavy atom. The van der Waals surface area contributed by atoms with Crippen LogP contribution in [0.4, 0.5) is 76.1 Å². The van der Waals surface area contributed by atoms with Gasteiger partial charge in [0.25, 0.3) is 0 Å². The Kier molecular flexibility index (Phi) is 15.4. The minimum atomic E-state index is -4.58. The lowest BCUT2D eigenvalue weighted by Gasteiger charge is -2.35. The van der Waals surface area contributed by atoms with Crippen molar-refractivity contribution in [3.8, 4) is 28.5 Å². The first kappa shape index (κ1) is 57.2. The molecule has 0 spiro atoms.